The number of nitrogens with one attached hydrogen (secondary N) is 1. The van der Waals surface area contributed by atoms with Crippen molar-refractivity contribution in [2.45, 2.75) is 51.4 Å². The molecule has 3 heteroatoms. The maximum absolute atomic E-state index is 6.22. The van der Waals surface area contributed by atoms with Crippen LogP contribution in [-0.2, 0) is 4.74 Å². The molecule has 2 aliphatic rings. The number of furan rings is 1. The van der Waals surface area contributed by atoms with Crippen LogP contribution in [0.25, 0.3) is 11.0 Å². The second kappa shape index (κ2) is 5.15. The summed E-state index contributed by atoms with van der Waals surface area (Å²) in [6.07, 6.45) is 4.49. The standard InChI is InChI=1S/C18H23NO2/c1-3-19-17(14-10-13-7-8-15(14)20-13)16-9-12-6-4-5-11(2)18(12)21-16/h4-6,9,13-15,17,19H,3,7-8,10H2,1-2H3. The van der Waals surface area contributed by atoms with Gasteiger partial charge in [-0.2, -0.15) is 0 Å². The van der Waals surface area contributed by atoms with Crippen LogP contribution >= 0.6 is 0 Å². The number of ether oxygens (including phenoxy) is 1. The summed E-state index contributed by atoms with van der Waals surface area (Å²) in [5.74, 6) is 1.62. The molecule has 2 fully saturated rings. The van der Waals surface area contributed by atoms with Gasteiger partial charge in [0, 0.05) is 11.3 Å². The third kappa shape index (κ3) is 2.19. The predicted octanol–water partition coefficient (Wildman–Crippen LogP) is 3.96. The minimum atomic E-state index is 0.275. The molecular formula is C18H23NO2. The fourth-order valence-corrected chi connectivity index (χ4v) is 4.09. The maximum atomic E-state index is 6.22. The lowest BCUT2D eigenvalue weighted by molar-refractivity contribution is 0.0840. The van der Waals surface area contributed by atoms with Gasteiger partial charge in [-0.05, 0) is 44.4 Å². The summed E-state index contributed by atoms with van der Waals surface area (Å²) >= 11 is 0. The number of para-hydroxylation sites is 1. The van der Waals surface area contributed by atoms with E-state index < -0.39 is 0 Å². The van der Waals surface area contributed by atoms with Gasteiger partial charge in [-0.1, -0.05) is 25.1 Å². The molecule has 4 unspecified atom stereocenters. The van der Waals surface area contributed by atoms with Gasteiger partial charge in [0.2, 0.25) is 0 Å². The maximum Gasteiger partial charge on any atom is 0.137 e. The number of aryl methyl sites for hydroxylation is 1. The third-order valence-corrected chi connectivity index (χ3v) is 5.07. The molecular weight excluding hydrogens is 262 g/mol. The zero-order chi connectivity index (χ0) is 14.4. The molecule has 3 heterocycles. The molecule has 4 atom stereocenters. The van der Waals surface area contributed by atoms with Gasteiger partial charge < -0.3 is 14.5 Å². The first-order chi connectivity index (χ1) is 10.3. The quantitative estimate of drug-likeness (QED) is 0.923. The number of fused-ring (bicyclic) bond motifs is 3. The molecule has 0 amide bonds. The van der Waals surface area contributed by atoms with Crippen molar-refractivity contribution >= 4 is 11.0 Å². The molecule has 0 radical (unpaired) electrons. The van der Waals surface area contributed by atoms with Crippen LogP contribution in [0.4, 0.5) is 0 Å². The molecule has 112 valence electrons. The topological polar surface area (TPSA) is 34.4 Å². The van der Waals surface area contributed by atoms with Crippen molar-refractivity contribution in [3.63, 3.8) is 0 Å². The van der Waals surface area contributed by atoms with Crippen LogP contribution in [0, 0.1) is 12.8 Å². The van der Waals surface area contributed by atoms with Gasteiger partial charge >= 0.3 is 0 Å². The van der Waals surface area contributed by atoms with Crippen LogP contribution in [-0.4, -0.2) is 18.8 Å². The highest BCUT2D eigenvalue weighted by atomic mass is 16.5. The van der Waals surface area contributed by atoms with Crippen molar-refractivity contribution < 1.29 is 9.15 Å². The van der Waals surface area contributed by atoms with E-state index in [1.54, 1.807) is 0 Å². The fourth-order valence-electron chi connectivity index (χ4n) is 4.09. The van der Waals surface area contributed by atoms with E-state index in [-0.39, 0.29) is 6.04 Å². The van der Waals surface area contributed by atoms with Crippen LogP contribution in [0.15, 0.2) is 28.7 Å². The van der Waals surface area contributed by atoms with Crippen molar-refractivity contribution in [1.82, 2.24) is 5.32 Å². The summed E-state index contributed by atoms with van der Waals surface area (Å²) in [4.78, 5) is 0. The lowest BCUT2D eigenvalue weighted by atomic mass is 9.83. The lowest BCUT2D eigenvalue weighted by Crippen LogP contribution is -2.33. The van der Waals surface area contributed by atoms with Crippen LogP contribution in [0.3, 0.4) is 0 Å². The van der Waals surface area contributed by atoms with Crippen LogP contribution < -0.4 is 5.32 Å². The largest absolute Gasteiger partial charge is 0.459 e. The third-order valence-electron chi connectivity index (χ3n) is 5.07. The fraction of sp³-hybridized carbons (Fsp3) is 0.556. The van der Waals surface area contributed by atoms with E-state index in [0.29, 0.717) is 18.1 Å². The average molecular weight is 285 g/mol. The second-order valence-electron chi connectivity index (χ2n) is 6.45. The highest BCUT2D eigenvalue weighted by Crippen LogP contribution is 2.45. The summed E-state index contributed by atoms with van der Waals surface area (Å²) in [6.45, 7) is 5.22. The Morgan fingerprint density at radius 2 is 2.24 bits per heavy atom. The normalized spacial score (nSPS) is 29.3. The SMILES string of the molecule is CCNC(c1cc2cccc(C)c2o1)C1CC2CCC1O2. The van der Waals surface area contributed by atoms with Crippen molar-refractivity contribution in [3.05, 3.63) is 35.6 Å². The molecule has 1 aromatic heterocycles. The molecule has 0 spiro atoms. The minimum absolute atomic E-state index is 0.275. The van der Waals surface area contributed by atoms with Crippen molar-refractivity contribution in [3.8, 4) is 0 Å². The van der Waals surface area contributed by atoms with Crippen molar-refractivity contribution in [2.75, 3.05) is 6.54 Å². The van der Waals surface area contributed by atoms with E-state index in [0.717, 1.165) is 17.9 Å². The molecule has 0 aliphatic carbocycles. The first-order valence-corrected chi connectivity index (χ1v) is 8.14. The van der Waals surface area contributed by atoms with E-state index in [4.69, 9.17) is 9.15 Å². The Kier molecular flexibility index (Phi) is 3.27. The number of benzene rings is 1. The van der Waals surface area contributed by atoms with Gasteiger partial charge in [0.25, 0.3) is 0 Å². The second-order valence-corrected chi connectivity index (χ2v) is 6.45. The first-order valence-electron chi connectivity index (χ1n) is 8.14. The zero-order valence-corrected chi connectivity index (χ0v) is 12.8. The highest BCUT2D eigenvalue weighted by molar-refractivity contribution is 5.81. The number of rotatable bonds is 4. The van der Waals surface area contributed by atoms with Gasteiger partial charge in [0.05, 0.1) is 18.2 Å². The summed E-state index contributed by atoms with van der Waals surface area (Å²) in [5, 5.41) is 4.84. The van der Waals surface area contributed by atoms with Gasteiger partial charge in [0.1, 0.15) is 11.3 Å². The Hall–Kier alpha value is -1.32. The Balaban J connectivity index is 1.70. The summed E-state index contributed by atoms with van der Waals surface area (Å²) in [6, 6.07) is 8.83. The molecule has 1 N–H and O–H groups in total. The summed E-state index contributed by atoms with van der Waals surface area (Å²) in [7, 11) is 0. The van der Waals surface area contributed by atoms with Gasteiger partial charge in [-0.3, -0.25) is 0 Å². The molecule has 4 rings (SSSR count). The van der Waals surface area contributed by atoms with Crippen molar-refractivity contribution in [2.24, 2.45) is 5.92 Å². The van der Waals surface area contributed by atoms with E-state index in [1.807, 2.05) is 0 Å². The van der Waals surface area contributed by atoms with Crippen LogP contribution in [0.5, 0.6) is 0 Å². The summed E-state index contributed by atoms with van der Waals surface area (Å²) < 4.78 is 12.3. The Labute approximate surface area is 125 Å². The molecule has 2 bridgehead atoms. The molecule has 3 nitrogen and oxygen atoms in total. The van der Waals surface area contributed by atoms with Gasteiger partial charge in [-0.15, -0.1) is 0 Å². The average Bonchev–Trinajstić information content (AvgIpc) is 3.19. The van der Waals surface area contributed by atoms with Crippen molar-refractivity contribution in [1.29, 1.82) is 0 Å². The van der Waals surface area contributed by atoms with E-state index >= 15 is 0 Å². The van der Waals surface area contributed by atoms with E-state index in [1.165, 1.54) is 30.2 Å². The Bertz CT molecular complexity index is 648. The van der Waals surface area contributed by atoms with Crippen LogP contribution in [0.1, 0.15) is 43.6 Å². The van der Waals surface area contributed by atoms with Gasteiger partial charge in [0.15, 0.2) is 0 Å². The minimum Gasteiger partial charge on any atom is -0.459 e. The molecule has 2 saturated heterocycles. The first kappa shape index (κ1) is 13.4. The van der Waals surface area contributed by atoms with Crippen LogP contribution in [0.2, 0.25) is 0 Å². The molecule has 21 heavy (non-hydrogen) atoms. The predicted molar refractivity (Wildman–Crippen MR) is 83.4 cm³/mol. The summed E-state index contributed by atoms with van der Waals surface area (Å²) in [5.41, 5.74) is 2.23. The van der Waals surface area contributed by atoms with E-state index in [9.17, 15) is 0 Å². The monoisotopic (exact) mass is 285 g/mol. The molecule has 1 aromatic carbocycles. The molecule has 2 aromatic rings. The Morgan fingerprint density at radius 3 is 2.90 bits per heavy atom. The van der Waals surface area contributed by atoms with Gasteiger partial charge in [-0.25, -0.2) is 0 Å². The number of hydrogen-bond acceptors (Lipinski definition) is 3. The zero-order valence-electron chi connectivity index (χ0n) is 12.8. The molecule has 2 aliphatic heterocycles. The lowest BCUT2D eigenvalue weighted by Gasteiger charge is -2.27. The smallest absolute Gasteiger partial charge is 0.137 e. The number of hydrogen-bond donors (Lipinski definition) is 1. The Morgan fingerprint density at radius 1 is 1.33 bits per heavy atom. The van der Waals surface area contributed by atoms with E-state index in [2.05, 4.69) is 43.4 Å². The molecule has 0 saturated carbocycles. The highest BCUT2D eigenvalue weighted by Gasteiger charge is 2.45.